The van der Waals surface area contributed by atoms with Crippen LogP contribution >= 0.6 is 23.2 Å². The van der Waals surface area contributed by atoms with Gasteiger partial charge >= 0.3 is 6.03 Å². The van der Waals surface area contributed by atoms with Gasteiger partial charge in [-0.2, -0.15) is 0 Å². The smallest absolute Gasteiger partial charge is 0.323 e. The second-order valence-corrected chi connectivity index (χ2v) is 11.0. The number of urea groups is 1. The predicted molar refractivity (Wildman–Crippen MR) is 162 cm³/mol. The predicted octanol–water partition coefficient (Wildman–Crippen LogP) is 3.63. The van der Waals surface area contributed by atoms with E-state index >= 15 is 0 Å². The molecule has 3 aliphatic rings. The standard InChI is InChI=1S/C27H38Cl2N8O3/c1-6-36-9-11-37(12-10-36)17-7-8-19(18(30)13-17)34-27(2)15-22(31-16-32-27)35(3)26(38)33-25-23(28)20(39-4)14-21(40-5)24(25)29/h7-8,13-14,16,23,25,34H,6,9-12,15,30H2,1-5H3,(H,33,38)/t23?,25?,27-/m1/s1. The van der Waals surface area contributed by atoms with Gasteiger partial charge < -0.3 is 35.6 Å². The molecule has 1 aliphatic carbocycles. The minimum Gasteiger partial charge on any atom is -0.499 e. The van der Waals surface area contributed by atoms with Crippen LogP contribution in [0.5, 0.6) is 0 Å². The van der Waals surface area contributed by atoms with E-state index in [1.54, 1.807) is 13.1 Å². The highest BCUT2D eigenvalue weighted by Gasteiger charge is 2.37. The number of amides is 2. The van der Waals surface area contributed by atoms with Crippen molar-refractivity contribution in [2.75, 3.05) is 69.9 Å². The van der Waals surface area contributed by atoms with Crippen LogP contribution in [0.25, 0.3) is 0 Å². The maximum Gasteiger partial charge on any atom is 0.323 e. The number of methoxy groups -OCH3 is 2. The number of amidine groups is 1. The lowest BCUT2D eigenvalue weighted by Gasteiger charge is -2.36. The van der Waals surface area contributed by atoms with Crippen molar-refractivity contribution in [2.24, 2.45) is 9.98 Å². The molecule has 0 spiro atoms. The summed E-state index contributed by atoms with van der Waals surface area (Å²) < 4.78 is 10.7. The molecule has 0 aromatic heterocycles. The topological polar surface area (TPSA) is 120 Å². The van der Waals surface area contributed by atoms with Crippen LogP contribution < -0.4 is 21.3 Å². The molecule has 0 radical (unpaired) electrons. The van der Waals surface area contributed by atoms with E-state index in [2.05, 4.69) is 43.4 Å². The van der Waals surface area contributed by atoms with Crippen molar-refractivity contribution in [2.45, 2.75) is 37.4 Å². The number of ether oxygens (including phenoxy) is 2. The average molecular weight is 594 g/mol. The summed E-state index contributed by atoms with van der Waals surface area (Å²) in [5.41, 5.74) is 8.18. The van der Waals surface area contributed by atoms with Crippen LogP contribution in [0.1, 0.15) is 20.3 Å². The van der Waals surface area contributed by atoms with Crippen LogP contribution in [0.4, 0.5) is 21.9 Å². The van der Waals surface area contributed by atoms with E-state index in [1.807, 2.05) is 19.1 Å². The second-order valence-electron chi connectivity index (χ2n) is 10.1. The Hall–Kier alpha value is -3.15. The number of aliphatic imine (C=N–C) groups is 2. The number of likely N-dealkylation sites (N-methyl/N-ethyl adjacent to an activating group) is 1. The minimum absolute atomic E-state index is 0.273. The number of alkyl halides is 1. The number of piperazine rings is 1. The van der Waals surface area contributed by atoms with Crippen molar-refractivity contribution in [1.82, 2.24) is 15.1 Å². The van der Waals surface area contributed by atoms with Gasteiger partial charge in [-0.1, -0.05) is 18.5 Å². The Morgan fingerprint density at radius 1 is 1.25 bits per heavy atom. The normalized spacial score (nSPS) is 25.2. The van der Waals surface area contributed by atoms with E-state index in [9.17, 15) is 4.79 Å². The Kier molecular flexibility index (Phi) is 9.37. The summed E-state index contributed by atoms with van der Waals surface area (Å²) in [6.07, 6.45) is 3.38. The monoisotopic (exact) mass is 592 g/mol. The number of hydrogen-bond acceptors (Lipinski definition) is 9. The summed E-state index contributed by atoms with van der Waals surface area (Å²) in [6.45, 7) is 9.21. The molecule has 2 heterocycles. The molecule has 218 valence electrons. The van der Waals surface area contributed by atoms with E-state index in [4.69, 9.17) is 38.4 Å². The van der Waals surface area contributed by atoms with Crippen LogP contribution in [0.3, 0.4) is 0 Å². The van der Waals surface area contributed by atoms with Gasteiger partial charge in [0.2, 0.25) is 0 Å². The number of carbonyl (C=O) groups excluding carboxylic acids is 1. The lowest BCUT2D eigenvalue weighted by atomic mass is 10.0. The fraction of sp³-hybridized carbons (Fsp3) is 0.519. The molecule has 2 amide bonds. The lowest BCUT2D eigenvalue weighted by Crippen LogP contribution is -2.52. The van der Waals surface area contributed by atoms with Crippen molar-refractivity contribution in [3.05, 3.63) is 40.8 Å². The SMILES string of the molecule is CCN1CCN(c2ccc(N[C@]3(C)CC(N(C)C(=O)NC4C(Cl)=C(OC)C=C(OC)C4Cl)=NC=N3)c(N)c2)CC1. The molecule has 4 rings (SSSR count). The largest absolute Gasteiger partial charge is 0.499 e. The van der Waals surface area contributed by atoms with Gasteiger partial charge in [-0.05, 0) is 31.7 Å². The number of nitrogens with zero attached hydrogens (tertiary/aromatic N) is 5. The van der Waals surface area contributed by atoms with Gasteiger partial charge in [0.1, 0.15) is 34.7 Å². The lowest BCUT2D eigenvalue weighted by molar-refractivity contribution is 0.217. The van der Waals surface area contributed by atoms with E-state index < -0.39 is 23.1 Å². The number of anilines is 3. The van der Waals surface area contributed by atoms with E-state index in [-0.39, 0.29) is 5.03 Å². The summed E-state index contributed by atoms with van der Waals surface area (Å²) >= 11 is 13.0. The maximum atomic E-state index is 13.2. The number of hydrogen-bond donors (Lipinski definition) is 3. The number of nitrogens with one attached hydrogen (secondary N) is 2. The number of carbonyl (C=O) groups is 1. The molecule has 1 saturated heterocycles. The van der Waals surface area contributed by atoms with Crippen molar-refractivity contribution >= 4 is 58.5 Å². The molecular weight excluding hydrogens is 555 g/mol. The first kappa shape index (κ1) is 29.8. The summed E-state index contributed by atoms with van der Waals surface area (Å²) in [5, 5.41) is 5.87. The van der Waals surface area contributed by atoms with Crippen LogP contribution in [0, 0.1) is 0 Å². The van der Waals surface area contributed by atoms with Crippen molar-refractivity contribution in [3.8, 4) is 0 Å². The summed E-state index contributed by atoms with van der Waals surface area (Å²) in [6, 6.07) is 4.86. The number of nitrogens with two attached hydrogens (primary N) is 1. The summed E-state index contributed by atoms with van der Waals surface area (Å²) in [5.74, 6) is 1.30. The Balaban J connectivity index is 1.41. The van der Waals surface area contributed by atoms with Gasteiger partial charge in [0.25, 0.3) is 0 Å². The first-order valence-electron chi connectivity index (χ1n) is 13.2. The molecule has 11 nitrogen and oxygen atoms in total. The van der Waals surface area contributed by atoms with Gasteiger partial charge in [0.15, 0.2) is 0 Å². The number of nitrogen functional groups attached to an aromatic ring is 1. The molecule has 13 heteroatoms. The fourth-order valence-corrected chi connectivity index (χ4v) is 5.63. The van der Waals surface area contributed by atoms with Crippen LogP contribution in [0.2, 0.25) is 0 Å². The van der Waals surface area contributed by atoms with Gasteiger partial charge in [-0.3, -0.25) is 4.90 Å². The highest BCUT2D eigenvalue weighted by atomic mass is 35.5. The molecule has 2 unspecified atom stereocenters. The number of allylic oxidation sites excluding steroid dienone is 1. The number of halogens is 2. The minimum atomic E-state index is -0.777. The highest BCUT2D eigenvalue weighted by molar-refractivity contribution is 6.33. The Labute approximate surface area is 245 Å². The van der Waals surface area contributed by atoms with Gasteiger partial charge in [0.05, 0.1) is 36.7 Å². The van der Waals surface area contributed by atoms with Crippen LogP contribution in [-0.2, 0) is 9.47 Å². The molecule has 40 heavy (non-hydrogen) atoms. The molecule has 1 fully saturated rings. The summed E-state index contributed by atoms with van der Waals surface area (Å²) in [4.78, 5) is 28.4. The van der Waals surface area contributed by atoms with E-state index in [1.165, 1.54) is 25.5 Å². The Morgan fingerprint density at radius 3 is 2.60 bits per heavy atom. The van der Waals surface area contributed by atoms with E-state index in [0.717, 1.165) is 44.1 Å². The van der Waals surface area contributed by atoms with Gasteiger partial charge in [-0.25, -0.2) is 14.8 Å². The number of benzene rings is 1. The third-order valence-electron chi connectivity index (χ3n) is 7.45. The molecular formula is C27H38Cl2N8O3. The maximum absolute atomic E-state index is 13.2. The molecule has 4 N–H and O–H groups in total. The first-order chi connectivity index (χ1) is 19.1. The zero-order chi connectivity index (χ0) is 29.0. The van der Waals surface area contributed by atoms with Crippen molar-refractivity contribution in [1.29, 1.82) is 0 Å². The average Bonchev–Trinajstić information content (AvgIpc) is 2.96. The van der Waals surface area contributed by atoms with Crippen LogP contribution in [-0.4, -0.2) is 99.1 Å². The van der Waals surface area contributed by atoms with E-state index in [0.29, 0.717) is 29.5 Å². The molecule has 1 aromatic carbocycles. The van der Waals surface area contributed by atoms with Crippen molar-refractivity contribution in [3.63, 3.8) is 0 Å². The quantitative estimate of drug-likeness (QED) is 0.326. The molecule has 0 saturated carbocycles. The highest BCUT2D eigenvalue weighted by Crippen LogP contribution is 2.33. The van der Waals surface area contributed by atoms with Gasteiger partial charge in [-0.15, -0.1) is 11.6 Å². The molecule has 2 aliphatic heterocycles. The third-order valence-corrected chi connectivity index (χ3v) is 8.34. The van der Waals surface area contributed by atoms with Crippen molar-refractivity contribution < 1.29 is 14.3 Å². The molecule has 1 aromatic rings. The molecule has 0 bridgehead atoms. The Morgan fingerprint density at radius 2 is 1.98 bits per heavy atom. The zero-order valence-electron chi connectivity index (χ0n) is 23.6. The second kappa shape index (κ2) is 12.6. The first-order valence-corrected chi connectivity index (χ1v) is 14.0. The summed E-state index contributed by atoms with van der Waals surface area (Å²) in [7, 11) is 4.61. The van der Waals surface area contributed by atoms with Crippen LogP contribution in [0.15, 0.2) is 50.8 Å². The molecule has 3 atom stereocenters. The Bertz CT molecular complexity index is 1230. The zero-order valence-corrected chi connectivity index (χ0v) is 25.1. The third kappa shape index (κ3) is 6.42. The fourth-order valence-electron chi connectivity index (χ4n) is 4.91. The van der Waals surface area contributed by atoms with Gasteiger partial charge in [0, 0.05) is 51.4 Å². The number of rotatable bonds is 7.